The summed E-state index contributed by atoms with van der Waals surface area (Å²) in [7, 11) is 1.42. The molecule has 0 radical (unpaired) electrons. The van der Waals surface area contributed by atoms with Gasteiger partial charge in [0, 0.05) is 6.07 Å². The van der Waals surface area contributed by atoms with Gasteiger partial charge in [-0.25, -0.2) is 0 Å². The predicted octanol–water partition coefficient (Wildman–Crippen LogP) is 2.38. The Hall–Kier alpha value is -2.90. The number of benzene rings is 1. The molecule has 0 aliphatic carbocycles. The van der Waals surface area contributed by atoms with E-state index in [1.165, 1.54) is 19.2 Å². The van der Waals surface area contributed by atoms with E-state index in [0.29, 0.717) is 5.56 Å². The van der Waals surface area contributed by atoms with Gasteiger partial charge in [-0.1, -0.05) is 6.07 Å². The maximum atomic E-state index is 11.1. The van der Waals surface area contributed by atoms with Crippen molar-refractivity contribution in [2.75, 3.05) is 12.8 Å². The van der Waals surface area contributed by atoms with E-state index in [-0.39, 0.29) is 29.1 Å². The monoisotopic (exact) mass is 290 g/mol. The molecule has 1 heterocycles. The molecule has 2 N–H and O–H groups in total. The van der Waals surface area contributed by atoms with E-state index in [1.54, 1.807) is 19.9 Å². The van der Waals surface area contributed by atoms with Gasteiger partial charge in [-0.05, 0) is 25.0 Å². The highest BCUT2D eigenvalue weighted by atomic mass is 16.6. The highest BCUT2D eigenvalue weighted by Gasteiger charge is 2.20. The lowest BCUT2D eigenvalue weighted by Crippen LogP contribution is -2.02. The van der Waals surface area contributed by atoms with E-state index in [4.69, 9.17) is 15.2 Å². The second kappa shape index (κ2) is 5.61. The molecule has 0 bridgehead atoms. The Morgan fingerprint density at radius 2 is 1.86 bits per heavy atom. The molecule has 0 spiro atoms. The summed E-state index contributed by atoms with van der Waals surface area (Å²) in [6.45, 7) is 3.49. The number of aryl methyl sites for hydroxylation is 2. The van der Waals surface area contributed by atoms with Gasteiger partial charge in [-0.3, -0.25) is 10.1 Å². The Morgan fingerprint density at radius 3 is 2.48 bits per heavy atom. The lowest BCUT2D eigenvalue weighted by molar-refractivity contribution is -0.385. The van der Waals surface area contributed by atoms with Crippen LogP contribution in [0.1, 0.15) is 11.1 Å². The summed E-state index contributed by atoms with van der Waals surface area (Å²) in [4.78, 5) is 18.3. The van der Waals surface area contributed by atoms with Crippen LogP contribution in [0.15, 0.2) is 18.2 Å². The van der Waals surface area contributed by atoms with Crippen LogP contribution in [-0.2, 0) is 0 Å². The fourth-order valence-corrected chi connectivity index (χ4v) is 1.88. The lowest BCUT2D eigenvalue weighted by atomic mass is 10.1. The number of nitro groups is 1. The summed E-state index contributed by atoms with van der Waals surface area (Å²) >= 11 is 0. The fraction of sp³-hybridized carbons (Fsp3) is 0.231. The molecule has 8 heteroatoms. The number of anilines is 1. The molecule has 1 aromatic heterocycles. The van der Waals surface area contributed by atoms with Crippen molar-refractivity contribution in [2.45, 2.75) is 13.8 Å². The van der Waals surface area contributed by atoms with Crippen molar-refractivity contribution in [3.8, 4) is 17.5 Å². The minimum Gasteiger partial charge on any atom is -0.481 e. The molecule has 2 aromatic rings. The molecular weight excluding hydrogens is 276 g/mol. The molecule has 0 amide bonds. The highest BCUT2D eigenvalue weighted by Crippen LogP contribution is 2.35. The Labute approximate surface area is 120 Å². The lowest BCUT2D eigenvalue weighted by Gasteiger charge is -2.10. The molecule has 0 unspecified atom stereocenters. The summed E-state index contributed by atoms with van der Waals surface area (Å²) in [5.74, 6) is 0.363. The van der Waals surface area contributed by atoms with Crippen molar-refractivity contribution in [1.29, 1.82) is 0 Å². The van der Waals surface area contributed by atoms with Crippen LogP contribution in [0.5, 0.6) is 17.5 Å². The van der Waals surface area contributed by atoms with Gasteiger partial charge in [0.05, 0.1) is 18.1 Å². The molecule has 2 rings (SSSR count). The number of rotatable bonds is 4. The van der Waals surface area contributed by atoms with Crippen LogP contribution < -0.4 is 15.2 Å². The van der Waals surface area contributed by atoms with Gasteiger partial charge < -0.3 is 15.2 Å². The van der Waals surface area contributed by atoms with E-state index in [2.05, 4.69) is 9.97 Å². The third-order valence-corrected chi connectivity index (χ3v) is 2.71. The number of nitrogen functional groups attached to an aromatic ring is 1. The second-order valence-electron chi connectivity index (χ2n) is 4.40. The van der Waals surface area contributed by atoms with Crippen LogP contribution in [-0.4, -0.2) is 22.0 Å². The van der Waals surface area contributed by atoms with E-state index in [0.717, 1.165) is 5.56 Å². The molecule has 8 nitrogen and oxygen atoms in total. The molecule has 0 aliphatic heterocycles. The largest absolute Gasteiger partial charge is 0.481 e. The average Bonchev–Trinajstić information content (AvgIpc) is 2.40. The molecule has 0 atom stereocenters. The third-order valence-electron chi connectivity index (χ3n) is 2.71. The summed E-state index contributed by atoms with van der Waals surface area (Å²) < 4.78 is 10.5. The zero-order valence-electron chi connectivity index (χ0n) is 11.8. The minimum atomic E-state index is -0.503. The van der Waals surface area contributed by atoms with Crippen LogP contribution in [0, 0.1) is 24.0 Å². The zero-order valence-corrected chi connectivity index (χ0v) is 11.8. The van der Waals surface area contributed by atoms with E-state index in [9.17, 15) is 10.1 Å². The van der Waals surface area contributed by atoms with Crippen LogP contribution >= 0.6 is 0 Å². The molecule has 0 aliphatic rings. The molecule has 0 fully saturated rings. The highest BCUT2D eigenvalue weighted by molar-refractivity contribution is 5.55. The van der Waals surface area contributed by atoms with Crippen molar-refractivity contribution >= 4 is 11.6 Å². The molecular formula is C13H14N4O4. The first-order chi connectivity index (χ1) is 9.90. The smallest absolute Gasteiger partial charge is 0.312 e. The van der Waals surface area contributed by atoms with Crippen LogP contribution in [0.2, 0.25) is 0 Å². The predicted molar refractivity (Wildman–Crippen MR) is 75.6 cm³/mol. The van der Waals surface area contributed by atoms with Crippen molar-refractivity contribution in [3.05, 3.63) is 39.4 Å². The second-order valence-corrected chi connectivity index (χ2v) is 4.40. The molecule has 1 aromatic carbocycles. The Bertz CT molecular complexity index is 703. The SMILES string of the molecule is COc1cc(Oc2c(C)cc(C)cc2[N+](=O)[O-])nc(N)n1. The molecule has 0 saturated carbocycles. The van der Waals surface area contributed by atoms with E-state index in [1.807, 2.05) is 0 Å². The number of methoxy groups -OCH3 is 1. The number of nitro benzene ring substituents is 1. The summed E-state index contributed by atoms with van der Waals surface area (Å²) in [6.07, 6.45) is 0. The van der Waals surface area contributed by atoms with Crippen molar-refractivity contribution < 1.29 is 14.4 Å². The fourth-order valence-electron chi connectivity index (χ4n) is 1.88. The van der Waals surface area contributed by atoms with Gasteiger partial charge in [0.25, 0.3) is 0 Å². The first-order valence-electron chi connectivity index (χ1n) is 6.02. The normalized spacial score (nSPS) is 10.2. The van der Waals surface area contributed by atoms with Gasteiger partial charge in [0.2, 0.25) is 23.5 Å². The van der Waals surface area contributed by atoms with Gasteiger partial charge in [-0.2, -0.15) is 9.97 Å². The third kappa shape index (κ3) is 3.16. The van der Waals surface area contributed by atoms with Crippen molar-refractivity contribution in [2.24, 2.45) is 0 Å². The number of hydrogen-bond acceptors (Lipinski definition) is 7. The summed E-state index contributed by atoms with van der Waals surface area (Å²) in [6, 6.07) is 4.62. The first-order valence-corrected chi connectivity index (χ1v) is 6.02. The Kier molecular flexibility index (Phi) is 3.88. The van der Waals surface area contributed by atoms with E-state index >= 15 is 0 Å². The van der Waals surface area contributed by atoms with Crippen molar-refractivity contribution in [3.63, 3.8) is 0 Å². The van der Waals surface area contributed by atoms with Crippen LogP contribution in [0.3, 0.4) is 0 Å². The quantitative estimate of drug-likeness (QED) is 0.679. The minimum absolute atomic E-state index is 0.0447. The van der Waals surface area contributed by atoms with E-state index < -0.39 is 4.92 Å². The standard InChI is InChI=1S/C13H14N4O4/c1-7-4-8(2)12(9(5-7)17(18)19)21-11-6-10(20-3)15-13(14)16-11/h4-6H,1-3H3,(H2,14,15,16). The van der Waals surface area contributed by atoms with Gasteiger partial charge in [0.15, 0.2) is 0 Å². The van der Waals surface area contributed by atoms with Crippen LogP contribution in [0.4, 0.5) is 11.6 Å². The maximum Gasteiger partial charge on any atom is 0.312 e. The molecule has 21 heavy (non-hydrogen) atoms. The summed E-state index contributed by atoms with van der Waals surface area (Å²) in [5, 5.41) is 11.1. The maximum absolute atomic E-state index is 11.1. The van der Waals surface area contributed by atoms with Gasteiger partial charge in [0.1, 0.15) is 0 Å². The Morgan fingerprint density at radius 1 is 1.19 bits per heavy atom. The number of nitrogens with zero attached hydrogens (tertiary/aromatic N) is 3. The Balaban J connectivity index is 2.48. The average molecular weight is 290 g/mol. The van der Waals surface area contributed by atoms with Crippen molar-refractivity contribution in [1.82, 2.24) is 9.97 Å². The number of hydrogen-bond donors (Lipinski definition) is 1. The molecule has 110 valence electrons. The number of ether oxygens (including phenoxy) is 2. The first kappa shape index (κ1) is 14.5. The zero-order chi connectivity index (χ0) is 15.6. The molecule has 0 saturated heterocycles. The summed E-state index contributed by atoms with van der Waals surface area (Å²) in [5.41, 5.74) is 6.79. The topological polar surface area (TPSA) is 113 Å². The van der Waals surface area contributed by atoms with Crippen LogP contribution in [0.25, 0.3) is 0 Å². The number of aromatic nitrogens is 2. The number of nitrogens with two attached hydrogens (primary N) is 1. The van der Waals surface area contributed by atoms with Gasteiger partial charge in [-0.15, -0.1) is 0 Å². The van der Waals surface area contributed by atoms with Gasteiger partial charge >= 0.3 is 5.69 Å².